The second kappa shape index (κ2) is 64.8. The minimum absolute atomic E-state index is 0.0147. The molecule has 2 atom stereocenters. The zero-order valence-corrected chi connectivity index (χ0v) is 56.1. The van der Waals surface area contributed by atoms with Crippen molar-refractivity contribution >= 4 is 19.8 Å². The van der Waals surface area contributed by atoms with Crippen LogP contribution >= 0.6 is 7.82 Å². The lowest BCUT2D eigenvalue weighted by molar-refractivity contribution is -0.870. The summed E-state index contributed by atoms with van der Waals surface area (Å²) < 4.78 is 34.6. The molecule has 0 amide bonds. The lowest BCUT2D eigenvalue weighted by Crippen LogP contribution is -2.37. The van der Waals surface area contributed by atoms with Crippen LogP contribution in [0.2, 0.25) is 0 Å². The van der Waals surface area contributed by atoms with Crippen LogP contribution < -0.4 is 0 Å². The summed E-state index contributed by atoms with van der Waals surface area (Å²) >= 11 is 0. The second-order valence-corrected chi connectivity index (χ2v) is 24.6. The Morgan fingerprint density at radius 3 is 1.00 bits per heavy atom. The molecule has 1 N–H and O–H groups in total. The molecule has 10 heteroatoms. The SMILES string of the molecule is CC/C=C\C/C=C\C/C=C\C/C=C\C/C=C\C/C=C\C/C=C\C/C=C\C/C=C\C/C=C\C/C=C\CCCCCC(=O)OC(COC(=O)CCCCCCCCCCCC/C=C\C/C=C\C/C=C\CCCCCCC)COP(=O)(O)OCC[N+](C)(C)C. The number of carbonyl (C=O) groups is 2. The average Bonchev–Trinajstić information content (AvgIpc) is 3.67. The summed E-state index contributed by atoms with van der Waals surface area (Å²) in [5.74, 6) is -0.851. The number of nitrogens with zero attached hydrogens (tertiary/aromatic N) is 1. The third-order valence-electron chi connectivity index (χ3n) is 13.7. The van der Waals surface area contributed by atoms with Crippen LogP contribution in [0.15, 0.2) is 170 Å². The van der Waals surface area contributed by atoms with E-state index < -0.39 is 26.5 Å². The van der Waals surface area contributed by atoms with Gasteiger partial charge in [0.15, 0.2) is 6.10 Å². The molecule has 2 unspecified atom stereocenters. The second-order valence-electron chi connectivity index (χ2n) is 23.1. The van der Waals surface area contributed by atoms with E-state index in [-0.39, 0.29) is 32.0 Å². The molecule has 0 bridgehead atoms. The summed E-state index contributed by atoms with van der Waals surface area (Å²) in [6.07, 6.45) is 98.7. The van der Waals surface area contributed by atoms with E-state index in [4.69, 9.17) is 18.5 Å². The van der Waals surface area contributed by atoms with Gasteiger partial charge >= 0.3 is 19.8 Å². The molecule has 0 aromatic heterocycles. The molecular weight excluding hydrogens is 1090 g/mol. The van der Waals surface area contributed by atoms with Gasteiger partial charge in [0.25, 0.3) is 0 Å². The summed E-state index contributed by atoms with van der Waals surface area (Å²) in [6, 6.07) is 0. The van der Waals surface area contributed by atoms with Crippen molar-refractivity contribution in [3.05, 3.63) is 170 Å². The molecule has 0 radical (unpaired) electrons. The summed E-state index contributed by atoms with van der Waals surface area (Å²) in [6.45, 7) is 4.25. The van der Waals surface area contributed by atoms with Crippen molar-refractivity contribution in [1.82, 2.24) is 0 Å². The van der Waals surface area contributed by atoms with Gasteiger partial charge in [-0.25, -0.2) is 4.57 Å². The van der Waals surface area contributed by atoms with Crippen LogP contribution in [0.3, 0.4) is 0 Å². The van der Waals surface area contributed by atoms with Gasteiger partial charge in [-0.05, 0) is 135 Å². The van der Waals surface area contributed by atoms with Crippen molar-refractivity contribution in [3.8, 4) is 0 Å². The molecule has 0 rings (SSSR count). The van der Waals surface area contributed by atoms with E-state index in [1.165, 1.54) is 77.0 Å². The zero-order chi connectivity index (χ0) is 62.6. The molecule has 0 aliphatic heterocycles. The third kappa shape index (κ3) is 68.5. The van der Waals surface area contributed by atoms with Crippen molar-refractivity contribution < 1.29 is 42.1 Å². The molecule has 86 heavy (non-hydrogen) atoms. The van der Waals surface area contributed by atoms with Crippen molar-refractivity contribution in [2.45, 2.75) is 251 Å². The molecule has 9 nitrogen and oxygen atoms in total. The Morgan fingerprint density at radius 2 is 0.663 bits per heavy atom. The van der Waals surface area contributed by atoms with Crippen LogP contribution in [0.1, 0.15) is 245 Å². The molecule has 0 aromatic carbocycles. The van der Waals surface area contributed by atoms with Crippen molar-refractivity contribution in [2.75, 3.05) is 47.5 Å². The quantitative estimate of drug-likeness (QED) is 0.0211. The van der Waals surface area contributed by atoms with Gasteiger partial charge in [-0.3, -0.25) is 18.6 Å². The van der Waals surface area contributed by atoms with Gasteiger partial charge in [0.05, 0.1) is 27.7 Å². The number of quaternary nitrogens is 1. The van der Waals surface area contributed by atoms with E-state index >= 15 is 0 Å². The molecule has 0 spiro atoms. The summed E-state index contributed by atoms with van der Waals surface area (Å²) in [7, 11) is 1.43. The largest absolute Gasteiger partial charge is 0.472 e. The number of phosphoric acid groups is 1. The predicted molar refractivity (Wildman–Crippen MR) is 371 cm³/mol. The van der Waals surface area contributed by atoms with Crippen LogP contribution in [-0.2, 0) is 32.7 Å². The van der Waals surface area contributed by atoms with Gasteiger partial charge in [-0.1, -0.05) is 267 Å². The number of unbranched alkanes of at least 4 members (excludes halogenated alkanes) is 18. The van der Waals surface area contributed by atoms with Crippen LogP contribution in [0.4, 0.5) is 0 Å². The molecule has 0 aromatic rings. The van der Waals surface area contributed by atoms with Gasteiger partial charge in [0, 0.05) is 12.8 Å². The molecule has 0 saturated heterocycles. The highest BCUT2D eigenvalue weighted by molar-refractivity contribution is 7.47. The van der Waals surface area contributed by atoms with Gasteiger partial charge in [-0.15, -0.1) is 0 Å². The highest BCUT2D eigenvalue weighted by atomic mass is 31.2. The maximum absolute atomic E-state index is 12.9. The normalized spacial score (nSPS) is 14.3. The number of ether oxygens (including phenoxy) is 2. The Bertz CT molecular complexity index is 2060. The molecular formula is C76H125NO8P+. The van der Waals surface area contributed by atoms with Crippen LogP contribution in [0.25, 0.3) is 0 Å². The minimum Gasteiger partial charge on any atom is -0.462 e. The maximum atomic E-state index is 12.9. The number of hydrogen-bond donors (Lipinski definition) is 1. The number of esters is 2. The van der Waals surface area contributed by atoms with E-state index in [9.17, 15) is 19.0 Å². The van der Waals surface area contributed by atoms with Crippen molar-refractivity contribution in [3.63, 3.8) is 0 Å². The van der Waals surface area contributed by atoms with Crippen LogP contribution in [0.5, 0.6) is 0 Å². The topological polar surface area (TPSA) is 108 Å². The highest BCUT2D eigenvalue weighted by Gasteiger charge is 2.27. The Hall–Kier alpha value is -4.63. The van der Waals surface area contributed by atoms with E-state index in [2.05, 4.69) is 184 Å². The minimum atomic E-state index is -4.41. The highest BCUT2D eigenvalue weighted by Crippen LogP contribution is 2.43. The summed E-state index contributed by atoms with van der Waals surface area (Å²) in [5, 5.41) is 0. The fourth-order valence-corrected chi connectivity index (χ4v) is 9.30. The molecule has 0 saturated carbocycles. The Morgan fingerprint density at radius 1 is 0.372 bits per heavy atom. The zero-order valence-electron chi connectivity index (χ0n) is 55.2. The van der Waals surface area contributed by atoms with Gasteiger partial charge in [-0.2, -0.15) is 0 Å². The third-order valence-corrected chi connectivity index (χ3v) is 14.7. The van der Waals surface area contributed by atoms with E-state index in [0.717, 1.165) is 135 Å². The van der Waals surface area contributed by atoms with E-state index in [1.807, 2.05) is 21.1 Å². The molecule has 0 aliphatic rings. The number of hydrogen-bond acceptors (Lipinski definition) is 7. The number of likely N-dealkylation sites (N-methyl/N-ethyl adjacent to an activating group) is 1. The van der Waals surface area contributed by atoms with Crippen LogP contribution in [0, 0.1) is 0 Å². The number of carbonyl (C=O) groups excluding carboxylic acids is 2. The monoisotopic (exact) mass is 1210 g/mol. The smallest absolute Gasteiger partial charge is 0.462 e. The fourth-order valence-electron chi connectivity index (χ4n) is 8.56. The Kier molecular flexibility index (Phi) is 61.3. The first-order valence-electron chi connectivity index (χ1n) is 33.9. The molecule has 0 aliphatic carbocycles. The van der Waals surface area contributed by atoms with E-state index in [0.29, 0.717) is 17.4 Å². The van der Waals surface area contributed by atoms with Gasteiger partial charge in [0.1, 0.15) is 19.8 Å². The first-order chi connectivity index (χ1) is 42.0. The number of allylic oxidation sites excluding steroid dienone is 28. The van der Waals surface area contributed by atoms with E-state index in [1.54, 1.807) is 0 Å². The summed E-state index contributed by atoms with van der Waals surface area (Å²) in [4.78, 5) is 35.8. The molecule has 0 fully saturated rings. The first kappa shape index (κ1) is 81.4. The Balaban J connectivity index is 4.24. The van der Waals surface area contributed by atoms with Crippen LogP contribution in [-0.4, -0.2) is 74.9 Å². The lowest BCUT2D eigenvalue weighted by atomic mass is 10.1. The summed E-state index contributed by atoms with van der Waals surface area (Å²) in [5.41, 5.74) is 0. The van der Waals surface area contributed by atoms with Gasteiger partial charge in [0.2, 0.25) is 0 Å². The number of phosphoric ester groups is 1. The first-order valence-corrected chi connectivity index (χ1v) is 35.4. The Labute approximate surface area is 528 Å². The van der Waals surface area contributed by atoms with Crippen molar-refractivity contribution in [2.24, 2.45) is 0 Å². The van der Waals surface area contributed by atoms with Gasteiger partial charge < -0.3 is 18.9 Å². The standard InChI is InChI=1S/C76H124NO8P/c1-6-8-10-12-14-16-18-20-22-24-26-28-30-32-33-34-35-36-37-38-39-40-41-42-43-45-47-49-51-53-55-57-59-61-63-65-67-69-76(79)85-74(73-84-86(80,81)83-71-70-77(3,4)5)72-82-75(78)68-66-64-62-60-58-56-54-52-50-48-46-44-31-29-27-25-23-21-19-17-15-13-11-9-7-2/h8,10,14,16,19-22,25-28,31-33,35-36,38-39,41-42,44-45,47,51,53,57,59,74H,6-7,9,11-13,15,17-18,23-24,29-30,34,37,40,43,46,48-50,52,54-56,58,60-73H2,1-5H3/p+1/b10-8-,16-14-,21-19-,22-20-,27-25-,28-26-,33-32-,36-35-,39-38-,42-41-,44-31-,47-45-,53-51-,59-57-. The van der Waals surface area contributed by atoms with Crippen molar-refractivity contribution in [1.29, 1.82) is 0 Å². The average molecular weight is 1210 g/mol. The number of rotatable bonds is 60. The lowest BCUT2D eigenvalue weighted by Gasteiger charge is -2.24. The molecule has 486 valence electrons. The maximum Gasteiger partial charge on any atom is 0.472 e. The molecule has 0 heterocycles. The predicted octanol–water partition coefficient (Wildman–Crippen LogP) is 22.2. The fraction of sp³-hybridized carbons (Fsp3) is 0.605.